The third kappa shape index (κ3) is 3.25. The molecule has 0 radical (unpaired) electrons. The van der Waals surface area contributed by atoms with E-state index in [2.05, 4.69) is 33.3 Å². The molecule has 2 saturated heterocycles. The zero-order chi connectivity index (χ0) is 19.1. The summed E-state index contributed by atoms with van der Waals surface area (Å²) in [4.78, 5) is 11.3. The van der Waals surface area contributed by atoms with Gasteiger partial charge in [-0.3, -0.25) is 4.98 Å². The van der Waals surface area contributed by atoms with Gasteiger partial charge in [-0.05, 0) is 50.6 Å². The molecule has 5 rings (SSSR count). The van der Waals surface area contributed by atoms with Crippen molar-refractivity contribution in [2.75, 3.05) is 31.1 Å². The quantitative estimate of drug-likeness (QED) is 0.716. The Labute approximate surface area is 168 Å². The maximum Gasteiger partial charge on any atom is 0.129 e. The lowest BCUT2D eigenvalue weighted by Gasteiger charge is -2.24. The smallest absolute Gasteiger partial charge is 0.129 e. The van der Waals surface area contributed by atoms with Gasteiger partial charge in [-0.1, -0.05) is 11.6 Å². The van der Waals surface area contributed by atoms with Crippen molar-refractivity contribution >= 4 is 28.5 Å². The number of rotatable bonds is 3. The summed E-state index contributed by atoms with van der Waals surface area (Å²) in [5.41, 5.74) is 3.52. The molecule has 0 saturated carbocycles. The van der Waals surface area contributed by atoms with Crippen LogP contribution >= 0.6 is 11.6 Å². The molecule has 1 unspecified atom stereocenters. The van der Waals surface area contributed by atoms with E-state index in [0.29, 0.717) is 30.6 Å². The fourth-order valence-electron chi connectivity index (χ4n) is 4.30. The van der Waals surface area contributed by atoms with Crippen LogP contribution in [-0.2, 0) is 0 Å². The predicted molar refractivity (Wildman–Crippen MR) is 111 cm³/mol. The highest BCUT2D eigenvalue weighted by Gasteiger charge is 2.24. The van der Waals surface area contributed by atoms with Crippen LogP contribution in [0.3, 0.4) is 0 Å². The molecule has 7 heteroatoms. The van der Waals surface area contributed by atoms with Gasteiger partial charge in [0, 0.05) is 42.3 Å². The number of hydrogen-bond donors (Lipinski definition) is 1. The zero-order valence-corrected chi connectivity index (χ0v) is 16.4. The molecule has 0 bridgehead atoms. The molecule has 0 aromatic carbocycles. The van der Waals surface area contributed by atoms with Crippen LogP contribution in [0, 0.1) is 0 Å². The number of piperidine rings is 1. The maximum atomic E-state index is 13.7. The Morgan fingerprint density at radius 2 is 2.00 bits per heavy atom. The molecule has 3 aromatic heterocycles. The van der Waals surface area contributed by atoms with Crippen molar-refractivity contribution in [2.24, 2.45) is 0 Å². The third-order valence-electron chi connectivity index (χ3n) is 5.84. The fraction of sp³-hybridized carbons (Fsp3) is 0.429. The first-order valence-electron chi connectivity index (χ1n) is 9.92. The van der Waals surface area contributed by atoms with Crippen molar-refractivity contribution in [3.05, 3.63) is 41.8 Å². The number of nitrogens with one attached hydrogen (secondary N) is 1. The van der Waals surface area contributed by atoms with Gasteiger partial charge < -0.3 is 14.8 Å². The number of halogens is 2. The van der Waals surface area contributed by atoms with E-state index in [1.165, 1.54) is 0 Å². The summed E-state index contributed by atoms with van der Waals surface area (Å²) in [6.45, 7) is 3.18. The fourth-order valence-corrected chi connectivity index (χ4v) is 4.55. The molecule has 0 spiro atoms. The summed E-state index contributed by atoms with van der Waals surface area (Å²) >= 11 is 6.57. The van der Waals surface area contributed by atoms with E-state index in [-0.39, 0.29) is 0 Å². The van der Waals surface area contributed by atoms with E-state index in [0.717, 1.165) is 53.9 Å². The number of hydrogen-bond acceptors (Lipinski definition) is 4. The average Bonchev–Trinajstić information content (AvgIpc) is 3.37. The molecule has 0 amide bonds. The lowest BCUT2D eigenvalue weighted by molar-refractivity contribution is 0.364. The Bertz CT molecular complexity index is 998. The van der Waals surface area contributed by atoms with Gasteiger partial charge in [0.25, 0.3) is 0 Å². The monoisotopic (exact) mass is 399 g/mol. The third-order valence-corrected chi connectivity index (χ3v) is 6.13. The number of alkyl halides is 1. The van der Waals surface area contributed by atoms with E-state index < -0.39 is 6.17 Å². The van der Waals surface area contributed by atoms with Crippen LogP contribution in [0.2, 0.25) is 5.02 Å². The largest absolute Gasteiger partial charge is 0.354 e. The minimum absolute atomic E-state index is 0.397. The minimum Gasteiger partial charge on any atom is -0.354 e. The molecular formula is C21H23ClFN5. The summed E-state index contributed by atoms with van der Waals surface area (Å²) in [5, 5.41) is 4.00. The van der Waals surface area contributed by atoms with E-state index in [1.807, 2.05) is 17.0 Å². The second kappa shape index (κ2) is 7.33. The van der Waals surface area contributed by atoms with Gasteiger partial charge in [-0.2, -0.15) is 0 Å². The van der Waals surface area contributed by atoms with E-state index in [9.17, 15) is 4.39 Å². The topological polar surface area (TPSA) is 46.0 Å². The highest BCUT2D eigenvalue weighted by Crippen LogP contribution is 2.35. The van der Waals surface area contributed by atoms with Crippen molar-refractivity contribution in [3.8, 4) is 11.1 Å². The molecule has 2 aliphatic rings. The Kier molecular flexibility index (Phi) is 4.69. The van der Waals surface area contributed by atoms with Crippen LogP contribution in [-0.4, -0.2) is 46.9 Å². The Morgan fingerprint density at radius 3 is 2.79 bits per heavy atom. The molecule has 28 heavy (non-hydrogen) atoms. The van der Waals surface area contributed by atoms with Crippen molar-refractivity contribution in [1.29, 1.82) is 0 Å². The van der Waals surface area contributed by atoms with Gasteiger partial charge in [0.2, 0.25) is 0 Å². The van der Waals surface area contributed by atoms with Crippen LogP contribution in [0.4, 0.5) is 10.2 Å². The molecule has 1 N–H and O–H groups in total. The Morgan fingerprint density at radius 1 is 1.14 bits per heavy atom. The van der Waals surface area contributed by atoms with Crippen LogP contribution in [0.5, 0.6) is 0 Å². The predicted octanol–water partition coefficient (Wildman–Crippen LogP) is 4.22. The van der Waals surface area contributed by atoms with Crippen molar-refractivity contribution in [3.63, 3.8) is 0 Å². The molecule has 3 aromatic rings. The zero-order valence-electron chi connectivity index (χ0n) is 15.6. The van der Waals surface area contributed by atoms with E-state index in [4.69, 9.17) is 16.6 Å². The van der Waals surface area contributed by atoms with Crippen LogP contribution in [0.15, 0.2) is 36.8 Å². The average molecular weight is 400 g/mol. The first kappa shape index (κ1) is 17.9. The molecule has 1 atom stereocenters. The minimum atomic E-state index is -0.784. The summed E-state index contributed by atoms with van der Waals surface area (Å²) in [5.74, 6) is 0.788. The van der Waals surface area contributed by atoms with Gasteiger partial charge in [0.1, 0.15) is 17.5 Å². The number of fused-ring (bicyclic) bond motifs is 1. The molecular weight excluding hydrogens is 377 g/mol. The number of pyridine rings is 2. The standard InChI is InChI=1S/C21H23ClFN5/c22-17-11-25-18-1-2-19(28-10-6-15(23)13-28)26-21(18)20(17)14-5-9-27(12-14)16-3-7-24-8-4-16/h1-2,5,9,11-12,15-16,24H,3-4,6-8,10,13H2. The van der Waals surface area contributed by atoms with Crippen molar-refractivity contribution in [1.82, 2.24) is 19.9 Å². The summed E-state index contributed by atoms with van der Waals surface area (Å²) < 4.78 is 15.9. The molecule has 5 heterocycles. The highest BCUT2D eigenvalue weighted by molar-refractivity contribution is 6.34. The van der Waals surface area contributed by atoms with E-state index >= 15 is 0 Å². The van der Waals surface area contributed by atoms with Gasteiger partial charge in [-0.15, -0.1) is 0 Å². The Hall–Kier alpha value is -2.18. The molecule has 5 nitrogen and oxygen atoms in total. The molecule has 2 aliphatic heterocycles. The van der Waals surface area contributed by atoms with Gasteiger partial charge in [0.15, 0.2) is 0 Å². The number of aromatic nitrogens is 3. The lowest BCUT2D eigenvalue weighted by Crippen LogP contribution is -2.28. The Balaban J connectivity index is 1.56. The normalized spacial score (nSPS) is 20.9. The maximum absolute atomic E-state index is 13.7. The molecule has 146 valence electrons. The molecule has 2 fully saturated rings. The lowest BCUT2D eigenvalue weighted by atomic mass is 10.1. The van der Waals surface area contributed by atoms with Crippen LogP contribution < -0.4 is 10.2 Å². The van der Waals surface area contributed by atoms with Crippen LogP contribution in [0.1, 0.15) is 25.3 Å². The number of anilines is 1. The summed E-state index contributed by atoms with van der Waals surface area (Å²) in [6.07, 6.45) is 8.01. The molecule has 0 aliphatic carbocycles. The second-order valence-corrected chi connectivity index (χ2v) is 8.09. The van der Waals surface area contributed by atoms with Crippen molar-refractivity contribution in [2.45, 2.75) is 31.5 Å². The summed E-state index contributed by atoms with van der Waals surface area (Å²) in [6, 6.07) is 6.49. The van der Waals surface area contributed by atoms with Gasteiger partial charge in [-0.25, -0.2) is 9.37 Å². The summed E-state index contributed by atoms with van der Waals surface area (Å²) in [7, 11) is 0. The first-order valence-corrected chi connectivity index (χ1v) is 10.3. The van der Waals surface area contributed by atoms with E-state index in [1.54, 1.807) is 6.20 Å². The highest BCUT2D eigenvalue weighted by atomic mass is 35.5. The second-order valence-electron chi connectivity index (χ2n) is 7.68. The van der Waals surface area contributed by atoms with Crippen molar-refractivity contribution < 1.29 is 4.39 Å². The van der Waals surface area contributed by atoms with Gasteiger partial charge in [0.05, 0.1) is 17.1 Å². The SMILES string of the molecule is FC1CCN(c2ccc3ncc(Cl)c(-c4ccn(C5CCNCC5)c4)c3n2)C1. The van der Waals surface area contributed by atoms with Crippen LogP contribution in [0.25, 0.3) is 22.2 Å². The number of nitrogens with zero attached hydrogens (tertiary/aromatic N) is 4. The van der Waals surface area contributed by atoms with Gasteiger partial charge >= 0.3 is 0 Å². The first-order chi connectivity index (χ1) is 13.7.